The molecule has 4 nitrogen and oxygen atoms in total. The van der Waals surface area contributed by atoms with Gasteiger partial charge in [0.05, 0.1) is 5.52 Å². The summed E-state index contributed by atoms with van der Waals surface area (Å²) < 4.78 is 1.24. The number of hydrogen-bond acceptors (Lipinski definition) is 3. The molecule has 78 valence electrons. The molecule has 2 aromatic rings. The van der Waals surface area contributed by atoms with E-state index < -0.39 is 4.87 Å². The van der Waals surface area contributed by atoms with E-state index in [1.165, 1.54) is 4.68 Å². The third kappa shape index (κ3) is 1.72. The molecule has 0 aliphatic carbocycles. The molecule has 0 fully saturated rings. The first kappa shape index (κ1) is 10.1. The van der Waals surface area contributed by atoms with Gasteiger partial charge in [0.15, 0.2) is 0 Å². The van der Waals surface area contributed by atoms with Crippen LogP contribution in [0.4, 0.5) is 0 Å². The Labute approximate surface area is 91.8 Å². The highest BCUT2D eigenvalue weighted by Crippen LogP contribution is 2.18. The fraction of sp³-hybridized carbons (Fsp3) is 0.300. The first-order chi connectivity index (χ1) is 7.00. The number of carbonyl (C=O) groups excluding carboxylic acids is 1. The van der Waals surface area contributed by atoms with Gasteiger partial charge in [-0.3, -0.25) is 4.79 Å². The van der Waals surface area contributed by atoms with Crippen molar-refractivity contribution in [2.75, 3.05) is 0 Å². The molecule has 0 N–H and O–H groups in total. The summed E-state index contributed by atoms with van der Waals surface area (Å²) in [5, 5.41) is 7.68. The summed E-state index contributed by atoms with van der Waals surface area (Å²) in [4.78, 5) is 10.9. The van der Waals surface area contributed by atoms with E-state index in [9.17, 15) is 4.79 Å². The number of benzene rings is 1. The molecule has 2 rings (SSSR count). The van der Waals surface area contributed by atoms with Crippen LogP contribution in [0.5, 0.6) is 0 Å². The van der Waals surface area contributed by atoms with Crippen molar-refractivity contribution in [2.24, 2.45) is 0 Å². The van der Waals surface area contributed by atoms with Crippen molar-refractivity contribution in [2.45, 2.75) is 18.7 Å². The number of aromatic nitrogens is 3. The minimum absolute atomic E-state index is 0.280. The number of halogens is 1. The highest BCUT2D eigenvalue weighted by Gasteiger charge is 2.28. The second kappa shape index (κ2) is 3.31. The third-order valence-corrected chi connectivity index (χ3v) is 2.21. The van der Waals surface area contributed by atoms with Crippen molar-refractivity contribution in [1.82, 2.24) is 15.0 Å². The molecule has 0 saturated heterocycles. The van der Waals surface area contributed by atoms with Crippen LogP contribution in [-0.2, 0) is 0 Å². The number of para-hydroxylation sites is 1. The van der Waals surface area contributed by atoms with Crippen LogP contribution >= 0.6 is 11.6 Å². The zero-order valence-corrected chi connectivity index (χ0v) is 9.19. The summed E-state index contributed by atoms with van der Waals surface area (Å²) >= 11 is 5.94. The minimum atomic E-state index is -0.976. The van der Waals surface area contributed by atoms with E-state index in [1.807, 2.05) is 12.1 Å². The molecule has 0 aliphatic heterocycles. The molecular formula is C10H10ClN3O. The van der Waals surface area contributed by atoms with Crippen LogP contribution in [0.2, 0.25) is 0 Å². The minimum Gasteiger partial charge on any atom is -0.270 e. The van der Waals surface area contributed by atoms with Gasteiger partial charge in [0.2, 0.25) is 0 Å². The van der Waals surface area contributed by atoms with E-state index in [2.05, 4.69) is 10.3 Å². The standard InChI is InChI=1S/C10H10ClN3O/c1-10(2,11)9(15)14-8-6-4-3-5-7(8)12-13-14/h3-6H,1-2H3. The number of nitrogens with zero attached hydrogens (tertiary/aromatic N) is 3. The molecule has 0 radical (unpaired) electrons. The molecule has 1 aromatic carbocycles. The smallest absolute Gasteiger partial charge is 0.269 e. The molecule has 0 amide bonds. The van der Waals surface area contributed by atoms with Gasteiger partial charge in [-0.05, 0) is 26.0 Å². The average molecular weight is 224 g/mol. The normalized spacial score (nSPS) is 11.9. The van der Waals surface area contributed by atoms with Gasteiger partial charge in [0, 0.05) is 0 Å². The zero-order valence-electron chi connectivity index (χ0n) is 8.44. The van der Waals surface area contributed by atoms with Crippen molar-refractivity contribution in [1.29, 1.82) is 0 Å². The molecule has 5 heteroatoms. The highest BCUT2D eigenvalue weighted by atomic mass is 35.5. The van der Waals surface area contributed by atoms with Crippen LogP contribution in [0.3, 0.4) is 0 Å². The predicted octanol–water partition coefficient (Wildman–Crippen LogP) is 2.09. The van der Waals surface area contributed by atoms with Crippen molar-refractivity contribution in [3.63, 3.8) is 0 Å². The van der Waals surface area contributed by atoms with E-state index >= 15 is 0 Å². The lowest BCUT2D eigenvalue weighted by atomic mass is 10.2. The predicted molar refractivity (Wildman–Crippen MR) is 58.1 cm³/mol. The Morgan fingerprint density at radius 3 is 2.73 bits per heavy atom. The number of carbonyl (C=O) groups is 1. The van der Waals surface area contributed by atoms with Crippen LogP contribution in [0.25, 0.3) is 11.0 Å². The van der Waals surface area contributed by atoms with Crippen molar-refractivity contribution in [3.05, 3.63) is 24.3 Å². The summed E-state index contributed by atoms with van der Waals surface area (Å²) in [6.45, 7) is 3.26. The van der Waals surface area contributed by atoms with Crippen molar-refractivity contribution >= 4 is 28.5 Å². The average Bonchev–Trinajstić information content (AvgIpc) is 2.58. The number of alkyl halides is 1. The second-order valence-electron chi connectivity index (χ2n) is 3.77. The molecule has 1 aromatic heterocycles. The van der Waals surface area contributed by atoms with Gasteiger partial charge in [-0.15, -0.1) is 16.7 Å². The summed E-state index contributed by atoms with van der Waals surface area (Å²) in [5.41, 5.74) is 1.36. The van der Waals surface area contributed by atoms with Crippen LogP contribution in [-0.4, -0.2) is 25.8 Å². The Hall–Kier alpha value is -1.42. The lowest BCUT2D eigenvalue weighted by molar-refractivity contribution is 0.0859. The number of hydrogen-bond donors (Lipinski definition) is 0. The Balaban J connectivity index is 2.58. The van der Waals surface area contributed by atoms with Crippen LogP contribution in [0.15, 0.2) is 24.3 Å². The molecule has 0 spiro atoms. The van der Waals surface area contributed by atoms with E-state index in [0.717, 1.165) is 0 Å². The van der Waals surface area contributed by atoms with Crippen molar-refractivity contribution in [3.8, 4) is 0 Å². The molecule has 1 heterocycles. The van der Waals surface area contributed by atoms with Crippen LogP contribution in [0.1, 0.15) is 18.6 Å². The molecule has 0 saturated carbocycles. The lowest BCUT2D eigenvalue weighted by Crippen LogP contribution is -2.31. The SMILES string of the molecule is CC(C)(Cl)C(=O)n1nnc2ccccc21. The molecule has 0 atom stereocenters. The van der Waals surface area contributed by atoms with Crippen LogP contribution < -0.4 is 0 Å². The maximum atomic E-state index is 11.9. The van der Waals surface area contributed by atoms with Gasteiger partial charge in [-0.1, -0.05) is 17.3 Å². The Morgan fingerprint density at radius 1 is 1.40 bits per heavy atom. The number of fused-ring (bicyclic) bond motifs is 1. The monoisotopic (exact) mass is 223 g/mol. The van der Waals surface area contributed by atoms with Gasteiger partial charge in [-0.25, -0.2) is 0 Å². The zero-order chi connectivity index (χ0) is 11.1. The van der Waals surface area contributed by atoms with E-state index in [0.29, 0.717) is 11.0 Å². The summed E-state index contributed by atoms with van der Waals surface area (Å²) in [7, 11) is 0. The molecule has 0 unspecified atom stereocenters. The summed E-state index contributed by atoms with van der Waals surface area (Å²) in [6, 6.07) is 7.26. The van der Waals surface area contributed by atoms with Gasteiger partial charge in [-0.2, -0.15) is 4.68 Å². The Bertz CT molecular complexity index is 513. The summed E-state index contributed by atoms with van der Waals surface area (Å²) in [5.74, 6) is -0.280. The highest BCUT2D eigenvalue weighted by molar-refractivity contribution is 6.34. The van der Waals surface area contributed by atoms with Gasteiger partial charge >= 0.3 is 0 Å². The van der Waals surface area contributed by atoms with Gasteiger partial charge in [0.25, 0.3) is 5.91 Å². The van der Waals surface area contributed by atoms with Crippen LogP contribution in [0, 0.1) is 0 Å². The summed E-state index contributed by atoms with van der Waals surface area (Å²) in [6.07, 6.45) is 0. The quantitative estimate of drug-likeness (QED) is 0.696. The lowest BCUT2D eigenvalue weighted by Gasteiger charge is -2.13. The molecule has 0 bridgehead atoms. The largest absolute Gasteiger partial charge is 0.270 e. The van der Waals surface area contributed by atoms with Gasteiger partial charge < -0.3 is 0 Å². The third-order valence-electron chi connectivity index (χ3n) is 2.05. The Morgan fingerprint density at radius 2 is 2.07 bits per heavy atom. The fourth-order valence-corrected chi connectivity index (χ4v) is 1.35. The number of rotatable bonds is 1. The van der Waals surface area contributed by atoms with E-state index in [1.54, 1.807) is 26.0 Å². The second-order valence-corrected chi connectivity index (χ2v) is 4.71. The maximum absolute atomic E-state index is 11.9. The Kier molecular flexibility index (Phi) is 2.23. The molecule has 15 heavy (non-hydrogen) atoms. The van der Waals surface area contributed by atoms with E-state index in [4.69, 9.17) is 11.6 Å². The fourth-order valence-electron chi connectivity index (χ4n) is 1.27. The maximum Gasteiger partial charge on any atom is 0.269 e. The van der Waals surface area contributed by atoms with Crippen molar-refractivity contribution < 1.29 is 4.79 Å². The first-order valence-corrected chi connectivity index (χ1v) is 4.92. The van der Waals surface area contributed by atoms with Gasteiger partial charge in [0.1, 0.15) is 10.4 Å². The molecular weight excluding hydrogens is 214 g/mol. The van der Waals surface area contributed by atoms with E-state index in [-0.39, 0.29) is 5.91 Å². The topological polar surface area (TPSA) is 47.8 Å². The molecule has 0 aliphatic rings. The first-order valence-electron chi connectivity index (χ1n) is 4.54.